The lowest BCUT2D eigenvalue weighted by atomic mass is 10.0. The molecule has 32 heavy (non-hydrogen) atoms. The fourth-order valence-electron chi connectivity index (χ4n) is 3.76. The van der Waals surface area contributed by atoms with Gasteiger partial charge < -0.3 is 10.1 Å². The number of aromatic hydroxyl groups is 1. The zero-order chi connectivity index (χ0) is 22.8. The van der Waals surface area contributed by atoms with Gasteiger partial charge in [-0.15, -0.1) is 0 Å². The van der Waals surface area contributed by atoms with Gasteiger partial charge in [-0.25, -0.2) is 4.52 Å². The number of phenolic OH excluding ortho intramolecular Hbond substituents is 1. The van der Waals surface area contributed by atoms with E-state index in [4.69, 9.17) is 23.2 Å². The highest BCUT2D eigenvalue weighted by Crippen LogP contribution is 2.46. The largest absolute Gasteiger partial charge is 0.507 e. The van der Waals surface area contributed by atoms with Crippen LogP contribution in [0.1, 0.15) is 30.0 Å². The monoisotopic (exact) mass is 479 g/mol. The van der Waals surface area contributed by atoms with Gasteiger partial charge in [-0.2, -0.15) is 18.3 Å². The summed E-state index contributed by atoms with van der Waals surface area (Å²) in [4.78, 5) is 15.3. The number of aromatic amines is 1. The first-order valence-corrected chi connectivity index (χ1v) is 10.4. The molecule has 0 saturated heterocycles. The summed E-state index contributed by atoms with van der Waals surface area (Å²) in [5.41, 5.74) is 1.19. The lowest BCUT2D eigenvalue weighted by Gasteiger charge is -2.11. The van der Waals surface area contributed by atoms with Crippen molar-refractivity contribution in [3.8, 4) is 28.1 Å². The second-order valence-electron chi connectivity index (χ2n) is 7.67. The highest BCUT2D eigenvalue weighted by atomic mass is 35.5. The molecule has 1 fully saturated rings. The third-order valence-electron chi connectivity index (χ3n) is 5.42. The molecular weight excluding hydrogens is 466 g/mol. The zero-order valence-electron chi connectivity index (χ0n) is 16.2. The summed E-state index contributed by atoms with van der Waals surface area (Å²) in [6.07, 6.45) is -2.77. The lowest BCUT2D eigenvalue weighted by molar-refractivity contribution is -0.137. The number of nitrogens with zero attached hydrogens (tertiary/aromatic N) is 2. The Bertz CT molecular complexity index is 1440. The van der Waals surface area contributed by atoms with Crippen molar-refractivity contribution in [2.45, 2.75) is 24.9 Å². The first-order chi connectivity index (χ1) is 15.1. The molecule has 10 heteroatoms. The van der Waals surface area contributed by atoms with Gasteiger partial charge in [-0.05, 0) is 48.7 Å². The van der Waals surface area contributed by atoms with E-state index in [-0.39, 0.29) is 17.2 Å². The van der Waals surface area contributed by atoms with Gasteiger partial charge in [0.25, 0.3) is 5.56 Å². The molecule has 5 rings (SSSR count). The molecule has 0 atom stereocenters. The van der Waals surface area contributed by atoms with Gasteiger partial charge in [0.1, 0.15) is 11.4 Å². The molecular formula is C22H14Cl2F3N3O2. The fourth-order valence-corrected chi connectivity index (χ4v) is 4.06. The van der Waals surface area contributed by atoms with Crippen molar-refractivity contribution < 1.29 is 18.3 Å². The molecule has 4 aromatic rings. The van der Waals surface area contributed by atoms with Gasteiger partial charge in [0, 0.05) is 23.1 Å². The smallest absolute Gasteiger partial charge is 0.416 e. The SMILES string of the molecule is O=c1cc(-c2ccc(C(F)(F)F)cc2O)n2nc(C3CC3)c(-c3ccc(Cl)c(Cl)c3)c2[nH]1. The number of fused-ring (bicyclic) bond motifs is 1. The Morgan fingerprint density at radius 3 is 2.44 bits per heavy atom. The molecule has 5 nitrogen and oxygen atoms in total. The Hall–Kier alpha value is -2.97. The summed E-state index contributed by atoms with van der Waals surface area (Å²) in [5.74, 6) is -0.428. The quantitative estimate of drug-likeness (QED) is 0.364. The van der Waals surface area contributed by atoms with Gasteiger partial charge in [0.15, 0.2) is 0 Å². The molecule has 2 aromatic heterocycles. The van der Waals surface area contributed by atoms with Crippen LogP contribution in [0.3, 0.4) is 0 Å². The molecule has 0 amide bonds. The van der Waals surface area contributed by atoms with E-state index in [0.717, 1.165) is 30.7 Å². The van der Waals surface area contributed by atoms with E-state index in [9.17, 15) is 23.1 Å². The van der Waals surface area contributed by atoms with Crippen LogP contribution < -0.4 is 5.56 Å². The average molecular weight is 480 g/mol. The van der Waals surface area contributed by atoms with E-state index in [0.29, 0.717) is 32.9 Å². The van der Waals surface area contributed by atoms with Crippen LogP contribution in [0.5, 0.6) is 5.75 Å². The van der Waals surface area contributed by atoms with Crippen LogP contribution in [0.25, 0.3) is 28.0 Å². The average Bonchev–Trinajstić information content (AvgIpc) is 3.50. The van der Waals surface area contributed by atoms with E-state index in [1.807, 2.05) is 0 Å². The Balaban J connectivity index is 1.78. The van der Waals surface area contributed by atoms with Crippen molar-refractivity contribution in [1.82, 2.24) is 14.6 Å². The summed E-state index contributed by atoms with van der Waals surface area (Å²) in [7, 11) is 0. The normalized spacial score (nSPS) is 14.3. The number of H-pyrrole nitrogens is 1. The number of phenols is 1. The number of benzene rings is 2. The first kappa shape index (κ1) is 20.9. The van der Waals surface area contributed by atoms with Crippen molar-refractivity contribution in [3.63, 3.8) is 0 Å². The topological polar surface area (TPSA) is 70.4 Å². The summed E-state index contributed by atoms with van der Waals surface area (Å²) in [6, 6.07) is 8.89. The molecule has 0 bridgehead atoms. The van der Waals surface area contributed by atoms with Gasteiger partial charge >= 0.3 is 6.18 Å². The number of alkyl halides is 3. The number of halogens is 5. The van der Waals surface area contributed by atoms with Gasteiger partial charge in [-0.1, -0.05) is 29.3 Å². The van der Waals surface area contributed by atoms with Crippen molar-refractivity contribution in [1.29, 1.82) is 0 Å². The molecule has 0 aliphatic heterocycles. The van der Waals surface area contributed by atoms with E-state index >= 15 is 0 Å². The number of aromatic nitrogens is 3. The molecule has 2 aromatic carbocycles. The van der Waals surface area contributed by atoms with Crippen molar-refractivity contribution in [3.05, 3.63) is 74.1 Å². The van der Waals surface area contributed by atoms with Gasteiger partial charge in [0.05, 0.1) is 27.0 Å². The van der Waals surface area contributed by atoms with Crippen LogP contribution in [0.15, 0.2) is 47.3 Å². The van der Waals surface area contributed by atoms with Gasteiger partial charge in [-0.3, -0.25) is 4.79 Å². The van der Waals surface area contributed by atoms with Crippen molar-refractivity contribution in [2.75, 3.05) is 0 Å². The minimum Gasteiger partial charge on any atom is -0.507 e. The predicted molar refractivity (Wildman–Crippen MR) is 115 cm³/mol. The molecule has 2 heterocycles. The van der Waals surface area contributed by atoms with Crippen LogP contribution in [-0.4, -0.2) is 19.7 Å². The molecule has 0 unspecified atom stereocenters. The maximum atomic E-state index is 13.0. The highest BCUT2D eigenvalue weighted by molar-refractivity contribution is 6.42. The van der Waals surface area contributed by atoms with E-state index < -0.39 is 23.0 Å². The number of hydrogen-bond acceptors (Lipinski definition) is 3. The Morgan fingerprint density at radius 1 is 1.06 bits per heavy atom. The van der Waals surface area contributed by atoms with Gasteiger partial charge in [0.2, 0.25) is 0 Å². The molecule has 2 N–H and O–H groups in total. The minimum atomic E-state index is -4.61. The minimum absolute atomic E-state index is 0.0552. The van der Waals surface area contributed by atoms with Crippen LogP contribution in [0, 0.1) is 0 Å². The molecule has 1 aliphatic rings. The fraction of sp³-hybridized carbons (Fsp3) is 0.182. The van der Waals surface area contributed by atoms with E-state index in [1.54, 1.807) is 18.2 Å². The number of nitrogens with one attached hydrogen (secondary N) is 1. The Kier molecular flexibility index (Phi) is 4.76. The summed E-state index contributed by atoms with van der Waals surface area (Å²) in [5, 5.41) is 15.7. The summed E-state index contributed by atoms with van der Waals surface area (Å²) in [6.45, 7) is 0. The molecule has 1 saturated carbocycles. The second kappa shape index (κ2) is 7.28. The third kappa shape index (κ3) is 3.53. The number of rotatable bonds is 3. The summed E-state index contributed by atoms with van der Waals surface area (Å²) >= 11 is 12.3. The molecule has 0 spiro atoms. The molecule has 164 valence electrons. The lowest BCUT2D eigenvalue weighted by Crippen LogP contribution is -2.10. The van der Waals surface area contributed by atoms with Crippen LogP contribution in [0.2, 0.25) is 10.0 Å². The van der Waals surface area contributed by atoms with Crippen LogP contribution in [0.4, 0.5) is 13.2 Å². The van der Waals surface area contributed by atoms with Crippen LogP contribution >= 0.6 is 23.2 Å². The zero-order valence-corrected chi connectivity index (χ0v) is 17.7. The molecule has 0 radical (unpaired) electrons. The number of hydrogen-bond donors (Lipinski definition) is 2. The predicted octanol–water partition coefficient (Wildman–Crippen LogP) is 6.27. The highest BCUT2D eigenvalue weighted by Gasteiger charge is 2.33. The Labute approximate surface area is 189 Å². The second-order valence-corrected chi connectivity index (χ2v) is 8.49. The van der Waals surface area contributed by atoms with Crippen LogP contribution in [-0.2, 0) is 6.18 Å². The standard InChI is InChI=1S/C22H14Cl2F3N3O2/c23-14-6-3-11(7-15(14)24)19-20(10-1-2-10)29-30-16(9-18(32)28-21(19)30)13-5-4-12(8-17(13)31)22(25,26)27/h3-10,31H,1-2H2,(H,28,32). The first-order valence-electron chi connectivity index (χ1n) is 9.65. The Morgan fingerprint density at radius 2 is 1.81 bits per heavy atom. The maximum absolute atomic E-state index is 13.0. The molecule has 1 aliphatic carbocycles. The van der Waals surface area contributed by atoms with Crippen molar-refractivity contribution >= 4 is 28.8 Å². The van der Waals surface area contributed by atoms with E-state index in [1.165, 1.54) is 10.6 Å². The third-order valence-corrected chi connectivity index (χ3v) is 6.16. The summed E-state index contributed by atoms with van der Waals surface area (Å²) < 4.78 is 40.5. The van der Waals surface area contributed by atoms with E-state index in [2.05, 4.69) is 10.1 Å². The maximum Gasteiger partial charge on any atom is 0.416 e. The van der Waals surface area contributed by atoms with Crippen molar-refractivity contribution in [2.24, 2.45) is 0 Å².